The Morgan fingerprint density at radius 3 is 2.67 bits per heavy atom. The average Bonchev–Trinajstić information content (AvgIpc) is 3.44. The molecule has 0 bridgehead atoms. The zero-order valence-corrected chi connectivity index (χ0v) is 25.6. The van der Waals surface area contributed by atoms with Crippen molar-refractivity contribution in [1.29, 1.82) is 0 Å². The van der Waals surface area contributed by atoms with Gasteiger partial charge in [-0.3, -0.25) is 9.69 Å². The minimum atomic E-state index is -0.215. The highest BCUT2D eigenvalue weighted by molar-refractivity contribution is 6.06. The van der Waals surface area contributed by atoms with Crippen LogP contribution < -0.4 is 5.32 Å². The Morgan fingerprint density at radius 2 is 1.91 bits per heavy atom. The molecule has 2 aromatic rings. The first-order valence-electron chi connectivity index (χ1n) is 15.5. The fourth-order valence-corrected chi connectivity index (χ4v) is 6.40. The fraction of sp³-hybridized carbons (Fsp3) is 0.531. The minimum absolute atomic E-state index is 0.0990. The van der Waals surface area contributed by atoms with Crippen molar-refractivity contribution in [3.8, 4) is 0 Å². The number of nitrogens with one attached hydrogen (secondary N) is 1. The second kappa shape index (κ2) is 12.3. The van der Waals surface area contributed by atoms with Gasteiger partial charge in [-0.15, -0.1) is 4.68 Å². The molecular formula is C32H43N8O3+. The first-order valence-corrected chi connectivity index (χ1v) is 15.5. The fourth-order valence-electron chi connectivity index (χ4n) is 6.40. The van der Waals surface area contributed by atoms with Crippen LogP contribution in [-0.2, 0) is 11.3 Å². The molecule has 1 N–H and O–H groups in total. The molecule has 1 unspecified atom stereocenters. The number of hydrogen-bond acceptors (Lipinski definition) is 6. The molecule has 0 saturated carbocycles. The van der Waals surface area contributed by atoms with Crippen LogP contribution in [0.5, 0.6) is 0 Å². The van der Waals surface area contributed by atoms with E-state index in [0.29, 0.717) is 24.1 Å². The third kappa shape index (κ3) is 6.22. The van der Waals surface area contributed by atoms with E-state index in [1.165, 1.54) is 5.57 Å². The van der Waals surface area contributed by atoms with Gasteiger partial charge < -0.3 is 15.0 Å². The Hall–Kier alpha value is -3.99. The molecule has 2 fully saturated rings. The van der Waals surface area contributed by atoms with E-state index < -0.39 is 0 Å². The predicted molar refractivity (Wildman–Crippen MR) is 165 cm³/mol. The van der Waals surface area contributed by atoms with Crippen molar-refractivity contribution in [2.75, 3.05) is 38.5 Å². The van der Waals surface area contributed by atoms with Gasteiger partial charge >= 0.3 is 11.9 Å². The maximum absolute atomic E-state index is 13.7. The monoisotopic (exact) mass is 587 g/mol. The van der Waals surface area contributed by atoms with E-state index in [1.54, 1.807) is 11.1 Å². The summed E-state index contributed by atoms with van der Waals surface area (Å²) in [5.41, 5.74) is 2.81. The SMILES string of the molecule is CC1=CCC(n2nc(C3CCN(C4CN(C(=O)OC(C)C)C4)CC3)cc2NC(=O)c2cnn3c2[N+](C)=CC=CC3)CC=C1. The third-order valence-corrected chi connectivity index (χ3v) is 8.88. The van der Waals surface area contributed by atoms with Gasteiger partial charge in [0.15, 0.2) is 5.56 Å². The van der Waals surface area contributed by atoms with Crippen molar-refractivity contribution < 1.29 is 18.9 Å². The molecule has 228 valence electrons. The van der Waals surface area contributed by atoms with Crippen molar-refractivity contribution in [2.45, 2.75) is 77.1 Å². The highest BCUT2D eigenvalue weighted by Gasteiger charge is 2.38. The molecule has 2 amide bonds. The van der Waals surface area contributed by atoms with Gasteiger partial charge in [0.2, 0.25) is 0 Å². The van der Waals surface area contributed by atoms with E-state index in [0.717, 1.165) is 69.2 Å². The second-order valence-electron chi connectivity index (χ2n) is 12.4. The first-order chi connectivity index (χ1) is 20.8. The number of amides is 2. The number of hydrogen-bond donors (Lipinski definition) is 1. The van der Waals surface area contributed by atoms with Crippen LogP contribution in [0.3, 0.4) is 0 Å². The topological polar surface area (TPSA) is 101 Å². The van der Waals surface area contributed by atoms with Crippen molar-refractivity contribution >= 4 is 29.9 Å². The van der Waals surface area contributed by atoms with E-state index in [2.05, 4.69) is 46.5 Å². The molecule has 0 aromatic carbocycles. The van der Waals surface area contributed by atoms with E-state index >= 15 is 0 Å². The standard InChI is InChI=1S/C32H42N8O3/c1-22(2)43-32(42)38-20-26(21-38)37-16-12-24(13-17-37)28-18-29(40(35-28)25-9-7-8-23(3)10-11-25)34-30(41)27-19-33-39-15-6-5-14-36(4)31(27)39/h5-8,10,14,18-19,22,24-26H,9,11-13,15-17,20-21H2,1-4H3/p+1. The molecule has 43 heavy (non-hydrogen) atoms. The summed E-state index contributed by atoms with van der Waals surface area (Å²) in [7, 11) is 1.93. The number of piperidine rings is 1. The number of rotatable bonds is 6. The normalized spacial score (nSPS) is 21.5. The molecule has 11 heteroatoms. The highest BCUT2D eigenvalue weighted by Crippen LogP contribution is 2.34. The van der Waals surface area contributed by atoms with Gasteiger partial charge in [0.05, 0.1) is 37.3 Å². The minimum Gasteiger partial charge on any atom is -0.447 e. The molecule has 0 spiro atoms. The van der Waals surface area contributed by atoms with Gasteiger partial charge in [-0.2, -0.15) is 5.10 Å². The Morgan fingerprint density at radius 1 is 1.12 bits per heavy atom. The van der Waals surface area contributed by atoms with Crippen molar-refractivity contribution in [2.24, 2.45) is 0 Å². The Balaban J connectivity index is 1.17. The summed E-state index contributed by atoms with van der Waals surface area (Å²) in [4.78, 5) is 30.2. The van der Waals surface area contributed by atoms with E-state index in [9.17, 15) is 9.59 Å². The molecule has 0 radical (unpaired) electrons. The number of fused-ring (bicyclic) bond motifs is 1. The summed E-state index contributed by atoms with van der Waals surface area (Å²) < 4.78 is 11.1. The average molecular weight is 588 g/mol. The number of likely N-dealkylation sites (tertiary alicyclic amines) is 2. The largest absolute Gasteiger partial charge is 0.447 e. The van der Waals surface area contributed by atoms with Crippen LogP contribution in [0.4, 0.5) is 16.4 Å². The predicted octanol–water partition coefficient (Wildman–Crippen LogP) is 4.49. The molecule has 1 aliphatic carbocycles. The maximum Gasteiger partial charge on any atom is 0.410 e. The Kier molecular flexibility index (Phi) is 8.34. The molecule has 5 heterocycles. The van der Waals surface area contributed by atoms with Gasteiger partial charge in [-0.05, 0) is 71.7 Å². The lowest BCUT2D eigenvalue weighted by Gasteiger charge is -2.47. The van der Waals surface area contributed by atoms with Crippen LogP contribution >= 0.6 is 0 Å². The van der Waals surface area contributed by atoms with E-state index in [-0.39, 0.29) is 24.1 Å². The quantitative estimate of drug-likeness (QED) is 0.500. The molecule has 2 aromatic heterocycles. The number of carbonyl (C=O) groups excluding carboxylic acids is 2. The number of carbonyl (C=O) groups is 2. The van der Waals surface area contributed by atoms with Crippen LogP contribution in [-0.4, -0.2) is 97.5 Å². The van der Waals surface area contributed by atoms with Gasteiger partial charge in [0, 0.05) is 31.1 Å². The zero-order chi connectivity index (χ0) is 30.1. The van der Waals surface area contributed by atoms with Gasteiger partial charge in [0.25, 0.3) is 5.91 Å². The maximum atomic E-state index is 13.7. The Bertz CT molecular complexity index is 1480. The molecule has 6 rings (SSSR count). The number of ether oxygens (including phenoxy) is 1. The van der Waals surface area contributed by atoms with Gasteiger partial charge in [-0.25, -0.2) is 14.1 Å². The van der Waals surface area contributed by atoms with Crippen LogP contribution in [0.1, 0.15) is 74.5 Å². The summed E-state index contributed by atoms with van der Waals surface area (Å²) >= 11 is 0. The van der Waals surface area contributed by atoms with Crippen LogP contribution in [0.2, 0.25) is 0 Å². The molecular weight excluding hydrogens is 544 g/mol. The first kappa shape index (κ1) is 29.1. The third-order valence-electron chi connectivity index (χ3n) is 8.88. The lowest BCUT2D eigenvalue weighted by Crippen LogP contribution is -2.62. The van der Waals surface area contributed by atoms with E-state index in [1.807, 2.05) is 53.2 Å². The van der Waals surface area contributed by atoms with Crippen LogP contribution in [0, 0.1) is 0 Å². The number of allylic oxidation sites excluding steroid dienone is 6. The molecule has 11 nitrogen and oxygen atoms in total. The number of nitrogens with zero attached hydrogens (tertiary/aromatic N) is 7. The summed E-state index contributed by atoms with van der Waals surface area (Å²) in [5.74, 6) is 1.62. The lowest BCUT2D eigenvalue weighted by atomic mass is 9.92. The summed E-state index contributed by atoms with van der Waals surface area (Å²) in [6.45, 7) is 9.87. The van der Waals surface area contributed by atoms with Crippen molar-refractivity contribution in [3.63, 3.8) is 0 Å². The molecule has 3 aliphatic heterocycles. The summed E-state index contributed by atoms with van der Waals surface area (Å²) in [5, 5.41) is 12.8. The summed E-state index contributed by atoms with van der Waals surface area (Å²) in [6.07, 6.45) is 17.6. The molecule has 2 saturated heterocycles. The number of aromatic nitrogens is 4. The van der Waals surface area contributed by atoms with Crippen molar-refractivity contribution in [3.05, 3.63) is 59.5 Å². The molecule has 4 aliphatic rings. The lowest BCUT2D eigenvalue weighted by molar-refractivity contribution is -0.405. The summed E-state index contributed by atoms with van der Waals surface area (Å²) in [6, 6.07) is 2.59. The van der Waals surface area contributed by atoms with Gasteiger partial charge in [-0.1, -0.05) is 28.9 Å². The Labute approximate surface area is 253 Å². The highest BCUT2D eigenvalue weighted by atomic mass is 16.6. The van der Waals surface area contributed by atoms with Crippen LogP contribution in [0.15, 0.2) is 48.2 Å². The second-order valence-corrected chi connectivity index (χ2v) is 12.4. The van der Waals surface area contributed by atoms with E-state index in [4.69, 9.17) is 9.84 Å². The molecule has 1 atom stereocenters. The van der Waals surface area contributed by atoms with Crippen LogP contribution in [0.25, 0.3) is 0 Å². The number of anilines is 1. The van der Waals surface area contributed by atoms with Crippen molar-refractivity contribution in [1.82, 2.24) is 29.4 Å². The van der Waals surface area contributed by atoms with Gasteiger partial charge in [0.1, 0.15) is 12.4 Å². The smallest absolute Gasteiger partial charge is 0.410 e. The zero-order valence-electron chi connectivity index (χ0n) is 25.6.